The molecule has 0 amide bonds. The summed E-state index contributed by atoms with van der Waals surface area (Å²) in [6.45, 7) is 0.792. The van der Waals surface area contributed by atoms with Gasteiger partial charge in [0.2, 0.25) is 0 Å². The van der Waals surface area contributed by atoms with E-state index in [-0.39, 0.29) is 0 Å². The quantitative estimate of drug-likeness (QED) is 0.508. The number of thiophene rings is 1. The highest BCUT2D eigenvalue weighted by Crippen LogP contribution is 2.30. The third-order valence-corrected chi connectivity index (χ3v) is 5.25. The van der Waals surface area contributed by atoms with Gasteiger partial charge in [-0.25, -0.2) is 4.98 Å². The Balaban J connectivity index is 1.43. The van der Waals surface area contributed by atoms with E-state index < -0.39 is 0 Å². The number of benzene rings is 2. The van der Waals surface area contributed by atoms with Gasteiger partial charge < -0.3 is 15.2 Å². The van der Waals surface area contributed by atoms with Crippen molar-refractivity contribution in [2.45, 2.75) is 13.2 Å². The Kier molecular flexibility index (Phi) is 5.09. The zero-order valence-corrected chi connectivity index (χ0v) is 15.8. The molecular formula is C22H17N3O2S. The highest BCUT2D eigenvalue weighted by molar-refractivity contribution is 7.17. The molecule has 2 aromatic carbocycles. The van der Waals surface area contributed by atoms with Gasteiger partial charge in [0.05, 0.1) is 11.6 Å². The van der Waals surface area contributed by atoms with Gasteiger partial charge in [-0.2, -0.15) is 5.26 Å². The van der Waals surface area contributed by atoms with E-state index in [4.69, 9.17) is 20.5 Å². The molecule has 0 aliphatic carbocycles. The summed E-state index contributed by atoms with van der Waals surface area (Å²) < 4.78 is 12.9. The Hall–Kier alpha value is -3.56. The summed E-state index contributed by atoms with van der Waals surface area (Å²) in [5, 5.41) is 12.0. The molecule has 0 aliphatic rings. The topological polar surface area (TPSA) is 81.2 Å². The van der Waals surface area contributed by atoms with Crippen molar-refractivity contribution in [2.24, 2.45) is 0 Å². The first-order valence-electron chi connectivity index (χ1n) is 8.68. The van der Waals surface area contributed by atoms with Crippen LogP contribution in [0.4, 0.5) is 5.82 Å². The highest BCUT2D eigenvalue weighted by atomic mass is 32.1. The molecule has 0 saturated heterocycles. The number of fused-ring (bicyclic) bond motifs is 1. The first-order valence-corrected chi connectivity index (χ1v) is 9.56. The maximum Gasteiger partial charge on any atom is 0.132 e. The smallest absolute Gasteiger partial charge is 0.132 e. The standard InChI is InChI=1S/C22H17N3O2S/c23-11-15-3-1-4-16(9-15)12-26-18-5-2-6-19(10-18)27-13-17-14-28-20-7-8-25-22(24)21(17)20/h1-10,14H,12-13H2,(H2,24,25). The molecule has 2 aromatic heterocycles. The van der Waals surface area contributed by atoms with Crippen molar-refractivity contribution in [3.05, 3.63) is 82.9 Å². The van der Waals surface area contributed by atoms with E-state index in [1.807, 2.05) is 53.9 Å². The van der Waals surface area contributed by atoms with Crippen LogP contribution in [0.15, 0.2) is 66.2 Å². The summed E-state index contributed by atoms with van der Waals surface area (Å²) >= 11 is 1.63. The molecular weight excluding hydrogens is 370 g/mol. The SMILES string of the molecule is N#Cc1cccc(COc2cccc(OCc3csc4ccnc(N)c34)c2)c1. The minimum Gasteiger partial charge on any atom is -0.489 e. The van der Waals surface area contributed by atoms with E-state index in [1.165, 1.54) is 0 Å². The molecule has 5 nitrogen and oxygen atoms in total. The normalized spacial score (nSPS) is 10.5. The predicted molar refractivity (Wildman–Crippen MR) is 110 cm³/mol. The second-order valence-corrected chi connectivity index (χ2v) is 7.11. The minimum atomic E-state index is 0.385. The zero-order chi connectivity index (χ0) is 19.3. The van der Waals surface area contributed by atoms with Crippen LogP contribution in [-0.4, -0.2) is 4.98 Å². The van der Waals surface area contributed by atoms with E-state index in [1.54, 1.807) is 23.6 Å². The van der Waals surface area contributed by atoms with E-state index in [2.05, 4.69) is 11.1 Å². The van der Waals surface area contributed by atoms with Gasteiger partial charge in [-0.1, -0.05) is 18.2 Å². The van der Waals surface area contributed by atoms with Crippen LogP contribution < -0.4 is 15.2 Å². The summed E-state index contributed by atoms with van der Waals surface area (Å²) in [5.41, 5.74) is 8.59. The Morgan fingerprint density at radius 1 is 1.00 bits per heavy atom. The third kappa shape index (κ3) is 3.90. The number of pyridine rings is 1. The molecule has 0 atom stereocenters. The number of anilines is 1. The Labute approximate surface area is 166 Å². The van der Waals surface area contributed by atoms with Crippen LogP contribution in [0.5, 0.6) is 11.5 Å². The summed E-state index contributed by atoms with van der Waals surface area (Å²) in [7, 11) is 0. The molecule has 0 spiro atoms. The zero-order valence-electron chi connectivity index (χ0n) is 15.0. The Morgan fingerprint density at radius 3 is 2.61 bits per heavy atom. The number of nitrogens with two attached hydrogens (primary N) is 1. The molecule has 0 fully saturated rings. The fraction of sp³-hybridized carbons (Fsp3) is 0.0909. The van der Waals surface area contributed by atoms with Crippen molar-refractivity contribution in [3.8, 4) is 17.6 Å². The number of nitrogen functional groups attached to an aromatic ring is 1. The minimum absolute atomic E-state index is 0.385. The lowest BCUT2D eigenvalue weighted by Gasteiger charge is -2.10. The fourth-order valence-electron chi connectivity index (χ4n) is 2.89. The van der Waals surface area contributed by atoms with Crippen LogP contribution in [0.2, 0.25) is 0 Å². The molecule has 0 aliphatic heterocycles. The number of nitriles is 1. The van der Waals surface area contributed by atoms with Crippen LogP contribution in [0.1, 0.15) is 16.7 Å². The average molecular weight is 387 g/mol. The maximum atomic E-state index is 8.99. The summed E-state index contributed by atoms with van der Waals surface area (Å²) in [6, 6.07) is 19.0. The van der Waals surface area contributed by atoms with Gasteiger partial charge in [0.15, 0.2) is 0 Å². The second kappa shape index (κ2) is 7.99. The van der Waals surface area contributed by atoms with Gasteiger partial charge in [0, 0.05) is 27.9 Å². The van der Waals surface area contributed by atoms with Crippen LogP contribution in [0, 0.1) is 11.3 Å². The van der Waals surface area contributed by atoms with Crippen molar-refractivity contribution in [2.75, 3.05) is 5.73 Å². The largest absolute Gasteiger partial charge is 0.489 e. The lowest BCUT2D eigenvalue weighted by molar-refractivity contribution is 0.291. The molecule has 28 heavy (non-hydrogen) atoms. The second-order valence-electron chi connectivity index (χ2n) is 6.19. The van der Waals surface area contributed by atoms with Crippen LogP contribution in [-0.2, 0) is 13.2 Å². The van der Waals surface area contributed by atoms with Crippen LogP contribution in [0.3, 0.4) is 0 Å². The number of rotatable bonds is 6. The monoisotopic (exact) mass is 387 g/mol. The molecule has 6 heteroatoms. The molecule has 4 rings (SSSR count). The van der Waals surface area contributed by atoms with E-state index >= 15 is 0 Å². The number of nitrogens with zero attached hydrogens (tertiary/aromatic N) is 2. The molecule has 0 saturated carbocycles. The fourth-order valence-corrected chi connectivity index (χ4v) is 3.84. The Morgan fingerprint density at radius 2 is 1.79 bits per heavy atom. The van der Waals surface area contributed by atoms with Gasteiger partial charge in [0.25, 0.3) is 0 Å². The van der Waals surface area contributed by atoms with E-state index in [9.17, 15) is 0 Å². The van der Waals surface area contributed by atoms with Crippen LogP contribution >= 0.6 is 11.3 Å². The lowest BCUT2D eigenvalue weighted by Crippen LogP contribution is -1.98. The third-order valence-electron chi connectivity index (χ3n) is 4.25. The van der Waals surface area contributed by atoms with Gasteiger partial charge in [0.1, 0.15) is 30.5 Å². The van der Waals surface area contributed by atoms with Crippen LogP contribution in [0.25, 0.3) is 10.1 Å². The van der Waals surface area contributed by atoms with Gasteiger partial charge in [-0.05, 0) is 41.3 Å². The summed E-state index contributed by atoms with van der Waals surface area (Å²) in [5.74, 6) is 1.94. The van der Waals surface area contributed by atoms with Gasteiger partial charge in [-0.15, -0.1) is 11.3 Å². The Bertz CT molecular complexity index is 1160. The molecule has 138 valence electrons. The molecule has 0 bridgehead atoms. The van der Waals surface area contributed by atoms with Gasteiger partial charge in [-0.3, -0.25) is 0 Å². The first-order chi connectivity index (χ1) is 13.7. The maximum absolute atomic E-state index is 8.99. The molecule has 2 N–H and O–H groups in total. The van der Waals surface area contributed by atoms with Gasteiger partial charge >= 0.3 is 0 Å². The van der Waals surface area contributed by atoms with E-state index in [0.717, 1.165) is 21.2 Å². The number of ether oxygens (including phenoxy) is 2. The predicted octanol–water partition coefficient (Wildman–Crippen LogP) is 4.91. The lowest BCUT2D eigenvalue weighted by atomic mass is 10.1. The van der Waals surface area contributed by atoms with E-state index in [0.29, 0.717) is 36.1 Å². The number of hydrogen-bond donors (Lipinski definition) is 1. The van der Waals surface area contributed by atoms with Crippen molar-refractivity contribution in [1.82, 2.24) is 4.98 Å². The average Bonchev–Trinajstić information content (AvgIpc) is 3.16. The number of aromatic nitrogens is 1. The molecule has 0 radical (unpaired) electrons. The first kappa shape index (κ1) is 17.8. The van der Waals surface area contributed by atoms with Crippen molar-refractivity contribution >= 4 is 27.2 Å². The molecule has 4 aromatic rings. The summed E-state index contributed by atoms with van der Waals surface area (Å²) in [4.78, 5) is 4.16. The molecule has 2 heterocycles. The molecule has 0 unspecified atom stereocenters. The van der Waals surface area contributed by atoms with Crippen molar-refractivity contribution in [1.29, 1.82) is 5.26 Å². The van der Waals surface area contributed by atoms with Crippen molar-refractivity contribution in [3.63, 3.8) is 0 Å². The summed E-state index contributed by atoms with van der Waals surface area (Å²) in [6.07, 6.45) is 1.71. The highest BCUT2D eigenvalue weighted by Gasteiger charge is 2.09. The number of hydrogen-bond acceptors (Lipinski definition) is 6. The van der Waals surface area contributed by atoms with Crippen molar-refractivity contribution < 1.29 is 9.47 Å².